The number of carbonyl (C=O) groups is 3. The first-order chi connectivity index (χ1) is 20.3. The van der Waals surface area contributed by atoms with Gasteiger partial charge in [0.05, 0.1) is 17.6 Å². The quantitative estimate of drug-likeness (QED) is 0.171. The molecule has 1 aromatic rings. The Kier molecular flexibility index (Phi) is 10.9. The summed E-state index contributed by atoms with van der Waals surface area (Å²) in [4.78, 5) is 38.2. The van der Waals surface area contributed by atoms with E-state index < -0.39 is 19.2 Å². The molecule has 0 spiro atoms. The van der Waals surface area contributed by atoms with Crippen molar-refractivity contribution in [1.82, 2.24) is 16.0 Å². The number of rotatable bonds is 15. The number of nitrogens with two attached hydrogens (primary N) is 1. The highest BCUT2D eigenvalue weighted by Crippen LogP contribution is 2.65. The highest BCUT2D eigenvalue weighted by Gasteiger charge is 2.68. The number of hydrogen-bond donors (Lipinski definition) is 4. The number of hydrogen-bond acceptors (Lipinski definition) is 5. The number of carbonyl (C=O) groups excluding carboxylic acids is 3. The van der Waals surface area contributed by atoms with Crippen molar-refractivity contribution in [3.63, 3.8) is 0 Å². The molecule has 1 aliphatic heterocycles. The maximum Gasteiger partial charge on any atom is 0.481 e. The Hall–Kier alpha value is -2.59. The van der Waals surface area contributed by atoms with Crippen LogP contribution in [-0.2, 0) is 20.5 Å². The lowest BCUT2D eigenvalue weighted by molar-refractivity contribution is -0.199. The molecule has 1 heterocycles. The number of nitrogens with one attached hydrogen (secondary N) is 3. The van der Waals surface area contributed by atoms with Crippen molar-refractivity contribution in [3.05, 3.63) is 35.4 Å². The Labute approximate surface area is 258 Å². The molecule has 4 fully saturated rings. The molecule has 2 bridgehead atoms. The van der Waals surface area contributed by atoms with E-state index in [-0.39, 0.29) is 34.9 Å². The predicted octanol–water partition coefficient (Wildman–Crippen LogP) is 4.76. The van der Waals surface area contributed by atoms with Crippen LogP contribution in [0, 0.1) is 23.2 Å². The van der Waals surface area contributed by atoms with E-state index in [9.17, 15) is 14.4 Å². The summed E-state index contributed by atoms with van der Waals surface area (Å²) >= 11 is 0. The number of benzene rings is 1. The van der Waals surface area contributed by atoms with Crippen LogP contribution in [0.2, 0.25) is 0 Å². The van der Waals surface area contributed by atoms with E-state index >= 15 is 0 Å². The standard InChI is InChI=1S/C33H53BN4O5/c1-7-8-11-22-13-15-23(16-14-22)29(39)37-25(12-9-10-17-36-31(35)41)30(40)38-28(18-21(2)3)34-42-27-20-24-19-26(32(24,4)5)33(27,6)43-34/h13-16,21,24-28H,7-12,17-20H2,1-6H3,(H,37,39)(H,38,40)(H3,35,36,41)/t24-,25-,26-,27+,28-,33-/m0/s1. The molecule has 6 atom stereocenters. The van der Waals surface area contributed by atoms with Gasteiger partial charge in [0.25, 0.3) is 5.91 Å². The van der Waals surface area contributed by atoms with Gasteiger partial charge in [-0.05, 0) is 99.2 Å². The van der Waals surface area contributed by atoms with Gasteiger partial charge in [-0.2, -0.15) is 0 Å². The molecule has 1 saturated heterocycles. The van der Waals surface area contributed by atoms with Crippen LogP contribution in [0.25, 0.3) is 0 Å². The van der Waals surface area contributed by atoms with Gasteiger partial charge in [-0.25, -0.2) is 4.79 Å². The smallest absolute Gasteiger partial charge is 0.404 e. The highest BCUT2D eigenvalue weighted by molar-refractivity contribution is 6.48. The van der Waals surface area contributed by atoms with Gasteiger partial charge in [0.15, 0.2) is 0 Å². The van der Waals surface area contributed by atoms with Crippen LogP contribution in [0.4, 0.5) is 4.79 Å². The second kappa shape index (κ2) is 14.0. The van der Waals surface area contributed by atoms with E-state index in [1.807, 2.05) is 24.3 Å². The van der Waals surface area contributed by atoms with Crippen LogP contribution in [0.1, 0.15) is 109 Å². The molecular formula is C33H53BN4O5. The van der Waals surface area contributed by atoms with Crippen LogP contribution in [0.15, 0.2) is 24.3 Å². The number of primary amides is 1. The van der Waals surface area contributed by atoms with Crippen LogP contribution < -0.4 is 21.7 Å². The Morgan fingerprint density at radius 1 is 1.05 bits per heavy atom. The summed E-state index contributed by atoms with van der Waals surface area (Å²) in [6, 6.07) is 6.28. The molecule has 10 heteroatoms. The number of unbranched alkanes of at least 4 members (excludes halogenated alkanes) is 2. The first-order valence-corrected chi connectivity index (χ1v) is 16.4. The van der Waals surface area contributed by atoms with Crippen LogP contribution >= 0.6 is 0 Å². The minimum atomic E-state index is -0.749. The van der Waals surface area contributed by atoms with Gasteiger partial charge in [-0.3, -0.25) is 9.59 Å². The summed E-state index contributed by atoms with van der Waals surface area (Å²) in [5.74, 6) is 0.491. The summed E-state index contributed by atoms with van der Waals surface area (Å²) in [5.41, 5.74) is 6.76. The fraction of sp³-hybridized carbons (Fsp3) is 0.727. The molecule has 0 radical (unpaired) electrons. The maximum atomic E-state index is 13.8. The lowest BCUT2D eigenvalue weighted by Crippen LogP contribution is -2.65. The molecule has 238 valence electrons. The fourth-order valence-corrected chi connectivity index (χ4v) is 7.50. The number of aryl methyl sites for hydroxylation is 1. The first-order valence-electron chi connectivity index (χ1n) is 16.4. The molecule has 0 unspecified atom stereocenters. The van der Waals surface area contributed by atoms with Gasteiger partial charge in [0, 0.05) is 12.1 Å². The third kappa shape index (κ3) is 7.74. The second-order valence-corrected chi connectivity index (χ2v) is 14.2. The van der Waals surface area contributed by atoms with E-state index in [0.717, 1.165) is 32.1 Å². The maximum absolute atomic E-state index is 13.8. The Morgan fingerprint density at radius 2 is 1.77 bits per heavy atom. The van der Waals surface area contributed by atoms with E-state index in [1.54, 1.807) is 0 Å². The summed E-state index contributed by atoms with van der Waals surface area (Å²) < 4.78 is 13.3. The Bertz CT molecular complexity index is 1130. The first kappa shape index (κ1) is 33.3. The van der Waals surface area contributed by atoms with E-state index in [2.05, 4.69) is 57.5 Å². The minimum Gasteiger partial charge on any atom is -0.404 e. The molecule has 4 amide bonds. The highest BCUT2D eigenvalue weighted by atomic mass is 16.7. The van der Waals surface area contributed by atoms with Gasteiger partial charge in [-0.1, -0.05) is 53.2 Å². The summed E-state index contributed by atoms with van der Waals surface area (Å²) in [6.07, 6.45) is 7.73. The minimum absolute atomic E-state index is 0.0226. The number of urea groups is 1. The average molecular weight is 597 g/mol. The zero-order chi connectivity index (χ0) is 31.4. The monoisotopic (exact) mass is 596 g/mol. The molecular weight excluding hydrogens is 543 g/mol. The average Bonchev–Trinajstić information content (AvgIpc) is 3.31. The van der Waals surface area contributed by atoms with Crippen molar-refractivity contribution < 1.29 is 23.7 Å². The molecule has 3 saturated carbocycles. The molecule has 9 nitrogen and oxygen atoms in total. The SMILES string of the molecule is CCCCc1ccc(C(=O)N[C@@H](CCCCNC(N)=O)C(=O)N[C@@H](CC(C)C)B2O[C@@H]3C[C@@H]4C[C@@H](C4(C)C)[C@]3(C)O2)cc1. The summed E-state index contributed by atoms with van der Waals surface area (Å²) in [5, 5.41) is 8.79. The van der Waals surface area contributed by atoms with Gasteiger partial charge >= 0.3 is 13.1 Å². The zero-order valence-corrected chi connectivity index (χ0v) is 27.0. The molecule has 4 aliphatic rings. The van der Waals surface area contributed by atoms with Gasteiger partial charge in [0.1, 0.15) is 6.04 Å². The zero-order valence-electron chi connectivity index (χ0n) is 27.0. The second-order valence-electron chi connectivity index (χ2n) is 14.2. The number of amides is 4. The molecule has 5 N–H and O–H groups in total. The van der Waals surface area contributed by atoms with Crippen molar-refractivity contribution in [3.8, 4) is 0 Å². The lowest BCUT2D eigenvalue weighted by Gasteiger charge is -2.64. The van der Waals surface area contributed by atoms with Crippen molar-refractivity contribution in [2.45, 2.75) is 123 Å². The molecule has 43 heavy (non-hydrogen) atoms. The summed E-state index contributed by atoms with van der Waals surface area (Å²) in [7, 11) is -0.539. The molecule has 1 aromatic carbocycles. The fourth-order valence-electron chi connectivity index (χ4n) is 7.50. The molecule has 0 aromatic heterocycles. The van der Waals surface area contributed by atoms with Crippen molar-refractivity contribution in [2.24, 2.45) is 28.9 Å². The van der Waals surface area contributed by atoms with Gasteiger partial charge in [0.2, 0.25) is 5.91 Å². The normalized spacial score (nSPS) is 26.7. The van der Waals surface area contributed by atoms with Crippen LogP contribution in [0.3, 0.4) is 0 Å². The largest absolute Gasteiger partial charge is 0.481 e. The van der Waals surface area contributed by atoms with Gasteiger partial charge in [-0.15, -0.1) is 0 Å². The Balaban J connectivity index is 1.45. The van der Waals surface area contributed by atoms with Gasteiger partial charge < -0.3 is 31.0 Å². The Morgan fingerprint density at radius 3 is 2.40 bits per heavy atom. The van der Waals surface area contributed by atoms with Crippen molar-refractivity contribution >= 4 is 25.0 Å². The third-order valence-electron chi connectivity index (χ3n) is 10.2. The third-order valence-corrected chi connectivity index (χ3v) is 10.2. The van der Waals surface area contributed by atoms with Crippen molar-refractivity contribution in [1.29, 1.82) is 0 Å². The molecule has 3 aliphatic carbocycles. The molecule has 5 rings (SSSR count). The lowest BCUT2D eigenvalue weighted by atomic mass is 9.43. The van der Waals surface area contributed by atoms with E-state index in [1.165, 1.54) is 5.56 Å². The van der Waals surface area contributed by atoms with Crippen molar-refractivity contribution in [2.75, 3.05) is 6.54 Å². The van der Waals surface area contributed by atoms with E-state index in [4.69, 9.17) is 15.0 Å². The van der Waals surface area contributed by atoms with E-state index in [0.29, 0.717) is 55.5 Å². The topological polar surface area (TPSA) is 132 Å². The summed E-state index contributed by atoms with van der Waals surface area (Å²) in [6.45, 7) is 13.7. The predicted molar refractivity (Wildman–Crippen MR) is 169 cm³/mol. The van der Waals surface area contributed by atoms with Crippen LogP contribution in [-0.4, -0.2) is 55.2 Å². The van der Waals surface area contributed by atoms with Crippen LogP contribution in [0.5, 0.6) is 0 Å².